The summed E-state index contributed by atoms with van der Waals surface area (Å²) in [5.74, 6) is -2.64. The molecule has 0 fully saturated rings. The van der Waals surface area contributed by atoms with Crippen LogP contribution in [0.25, 0.3) is 0 Å². The highest BCUT2D eigenvalue weighted by Gasteiger charge is 2.17. The number of amides is 1. The maximum absolute atomic E-state index is 13.7. The summed E-state index contributed by atoms with van der Waals surface area (Å²) >= 11 is 0. The van der Waals surface area contributed by atoms with E-state index in [9.17, 15) is 13.6 Å². The Labute approximate surface area is 117 Å². The Morgan fingerprint density at radius 1 is 1.25 bits per heavy atom. The molecule has 0 heterocycles. The molecule has 0 saturated carbocycles. The fraction of sp³-hybridized carbons (Fsp3) is 0.500. The second-order valence-electron chi connectivity index (χ2n) is 4.60. The number of methoxy groups -OCH3 is 1. The third-order valence-electron chi connectivity index (χ3n) is 2.65. The molecule has 112 valence electrons. The molecule has 1 amide bonds. The maximum Gasteiger partial charge on any atom is 0.249 e. The lowest BCUT2D eigenvalue weighted by Gasteiger charge is -2.16. The standard InChI is InChI=1S/C14H19F2NO3/c1-8(2)20-9(3)14(18)17-7-10-5-6-11(19-4)13(16)12(10)15/h5-6,8-9H,7H2,1-4H3,(H,17,18)/t9-/m1/s1. The van der Waals surface area contributed by atoms with E-state index in [1.54, 1.807) is 6.92 Å². The summed E-state index contributed by atoms with van der Waals surface area (Å²) in [5, 5.41) is 2.50. The number of hydrogen-bond donors (Lipinski definition) is 1. The minimum atomic E-state index is -1.06. The van der Waals surface area contributed by atoms with Gasteiger partial charge in [-0.2, -0.15) is 4.39 Å². The van der Waals surface area contributed by atoms with Crippen LogP contribution in [-0.4, -0.2) is 25.2 Å². The molecule has 1 rings (SSSR count). The van der Waals surface area contributed by atoms with Gasteiger partial charge in [-0.3, -0.25) is 4.79 Å². The summed E-state index contributed by atoms with van der Waals surface area (Å²) in [6.45, 7) is 5.10. The summed E-state index contributed by atoms with van der Waals surface area (Å²) in [6, 6.07) is 2.68. The first-order valence-electron chi connectivity index (χ1n) is 6.30. The maximum atomic E-state index is 13.7. The van der Waals surface area contributed by atoms with Crippen LogP contribution in [0.15, 0.2) is 12.1 Å². The second-order valence-corrected chi connectivity index (χ2v) is 4.60. The SMILES string of the molecule is COc1ccc(CNC(=O)[C@@H](C)OC(C)C)c(F)c1F. The quantitative estimate of drug-likeness (QED) is 0.874. The zero-order valence-electron chi connectivity index (χ0n) is 12.0. The number of benzene rings is 1. The first-order chi connectivity index (χ1) is 9.36. The van der Waals surface area contributed by atoms with E-state index >= 15 is 0 Å². The van der Waals surface area contributed by atoms with Crippen molar-refractivity contribution >= 4 is 5.91 Å². The number of carbonyl (C=O) groups excluding carboxylic acids is 1. The molecule has 0 spiro atoms. The number of halogens is 2. The van der Waals surface area contributed by atoms with Crippen molar-refractivity contribution in [1.29, 1.82) is 0 Å². The van der Waals surface area contributed by atoms with Gasteiger partial charge in [0, 0.05) is 12.1 Å². The normalized spacial score (nSPS) is 12.3. The Balaban J connectivity index is 2.66. The molecule has 1 N–H and O–H groups in total. The van der Waals surface area contributed by atoms with E-state index in [1.807, 2.05) is 13.8 Å². The molecule has 1 aromatic carbocycles. The highest BCUT2D eigenvalue weighted by Crippen LogP contribution is 2.22. The van der Waals surface area contributed by atoms with Crippen molar-refractivity contribution in [2.75, 3.05) is 7.11 Å². The average Bonchev–Trinajstić information content (AvgIpc) is 2.39. The fourth-order valence-electron chi connectivity index (χ4n) is 1.66. The molecular formula is C14H19F2NO3. The number of carbonyl (C=O) groups is 1. The minimum absolute atomic E-state index is 0.0494. The van der Waals surface area contributed by atoms with Gasteiger partial charge in [0.15, 0.2) is 11.6 Å². The molecule has 6 heteroatoms. The summed E-state index contributed by atoms with van der Waals surface area (Å²) in [4.78, 5) is 11.7. The highest BCUT2D eigenvalue weighted by molar-refractivity contribution is 5.80. The Morgan fingerprint density at radius 3 is 2.45 bits per heavy atom. The molecule has 20 heavy (non-hydrogen) atoms. The van der Waals surface area contributed by atoms with Crippen molar-refractivity contribution in [2.24, 2.45) is 0 Å². The summed E-state index contributed by atoms with van der Waals surface area (Å²) in [6.07, 6.45) is -0.743. The van der Waals surface area contributed by atoms with Gasteiger partial charge in [0.05, 0.1) is 13.2 Å². The second kappa shape index (κ2) is 7.19. The van der Waals surface area contributed by atoms with Crippen LogP contribution in [0.1, 0.15) is 26.3 Å². The summed E-state index contributed by atoms with van der Waals surface area (Å²) in [7, 11) is 1.25. The fourth-order valence-corrected chi connectivity index (χ4v) is 1.66. The molecule has 0 bridgehead atoms. The topological polar surface area (TPSA) is 47.6 Å². The van der Waals surface area contributed by atoms with Gasteiger partial charge in [-0.15, -0.1) is 0 Å². The Bertz CT molecular complexity index is 478. The predicted octanol–water partition coefficient (Wildman–Crippen LogP) is 2.40. The highest BCUT2D eigenvalue weighted by atomic mass is 19.2. The van der Waals surface area contributed by atoms with Crippen molar-refractivity contribution in [3.05, 3.63) is 29.3 Å². The predicted molar refractivity (Wildman–Crippen MR) is 70.4 cm³/mol. The third kappa shape index (κ3) is 4.16. The molecule has 0 radical (unpaired) electrons. The van der Waals surface area contributed by atoms with E-state index in [0.29, 0.717) is 0 Å². The lowest BCUT2D eigenvalue weighted by Crippen LogP contribution is -2.35. The van der Waals surface area contributed by atoms with E-state index in [0.717, 1.165) is 0 Å². The van der Waals surface area contributed by atoms with E-state index < -0.39 is 17.7 Å². The number of nitrogens with one attached hydrogen (secondary N) is 1. The van der Waals surface area contributed by atoms with Crippen molar-refractivity contribution in [3.8, 4) is 5.75 Å². The van der Waals surface area contributed by atoms with Gasteiger partial charge in [-0.1, -0.05) is 6.07 Å². The van der Waals surface area contributed by atoms with E-state index in [4.69, 9.17) is 4.74 Å². The van der Waals surface area contributed by atoms with Crippen LogP contribution < -0.4 is 10.1 Å². The van der Waals surface area contributed by atoms with Crippen LogP contribution in [0.4, 0.5) is 8.78 Å². The smallest absolute Gasteiger partial charge is 0.249 e. The molecule has 0 unspecified atom stereocenters. The third-order valence-corrected chi connectivity index (χ3v) is 2.65. The monoisotopic (exact) mass is 287 g/mol. The van der Waals surface area contributed by atoms with Crippen LogP contribution in [0.3, 0.4) is 0 Å². The van der Waals surface area contributed by atoms with E-state index in [-0.39, 0.29) is 29.9 Å². The summed E-state index contributed by atoms with van der Waals surface area (Å²) in [5.41, 5.74) is 0.0494. The number of hydrogen-bond acceptors (Lipinski definition) is 3. The molecule has 1 atom stereocenters. The Morgan fingerprint density at radius 2 is 1.90 bits per heavy atom. The number of rotatable bonds is 6. The molecule has 0 saturated heterocycles. The first kappa shape index (κ1) is 16.4. The van der Waals surface area contributed by atoms with Gasteiger partial charge in [-0.25, -0.2) is 4.39 Å². The van der Waals surface area contributed by atoms with Crippen LogP contribution in [0.5, 0.6) is 5.75 Å². The van der Waals surface area contributed by atoms with Gasteiger partial charge < -0.3 is 14.8 Å². The molecule has 4 nitrogen and oxygen atoms in total. The molecule has 0 aliphatic rings. The number of ether oxygens (including phenoxy) is 2. The van der Waals surface area contributed by atoms with Crippen molar-refractivity contribution in [3.63, 3.8) is 0 Å². The Kier molecular flexibility index (Phi) is 5.88. The van der Waals surface area contributed by atoms with Gasteiger partial charge in [0.2, 0.25) is 11.7 Å². The lowest BCUT2D eigenvalue weighted by atomic mass is 10.2. The van der Waals surface area contributed by atoms with Crippen molar-refractivity contribution in [1.82, 2.24) is 5.32 Å². The minimum Gasteiger partial charge on any atom is -0.494 e. The lowest BCUT2D eigenvalue weighted by molar-refractivity contribution is -0.134. The van der Waals surface area contributed by atoms with E-state index in [1.165, 1.54) is 19.2 Å². The summed E-state index contributed by atoms with van der Waals surface area (Å²) < 4.78 is 37.1. The molecule has 1 aromatic rings. The van der Waals surface area contributed by atoms with Gasteiger partial charge in [0.1, 0.15) is 6.10 Å². The van der Waals surface area contributed by atoms with E-state index in [2.05, 4.69) is 10.1 Å². The zero-order chi connectivity index (χ0) is 15.3. The first-order valence-corrected chi connectivity index (χ1v) is 6.30. The van der Waals surface area contributed by atoms with Gasteiger partial charge in [-0.05, 0) is 26.8 Å². The van der Waals surface area contributed by atoms with Crippen LogP contribution in [0, 0.1) is 11.6 Å². The molecule has 0 aliphatic carbocycles. The van der Waals surface area contributed by atoms with Gasteiger partial charge in [0.25, 0.3) is 0 Å². The molecular weight excluding hydrogens is 268 g/mol. The zero-order valence-corrected chi connectivity index (χ0v) is 12.0. The Hall–Kier alpha value is -1.69. The average molecular weight is 287 g/mol. The van der Waals surface area contributed by atoms with Crippen LogP contribution in [0.2, 0.25) is 0 Å². The molecule has 0 aliphatic heterocycles. The van der Waals surface area contributed by atoms with Gasteiger partial charge >= 0.3 is 0 Å². The largest absolute Gasteiger partial charge is 0.494 e. The van der Waals surface area contributed by atoms with Crippen molar-refractivity contribution < 1.29 is 23.0 Å². The van der Waals surface area contributed by atoms with Crippen LogP contribution in [-0.2, 0) is 16.1 Å². The van der Waals surface area contributed by atoms with Crippen LogP contribution >= 0.6 is 0 Å². The van der Waals surface area contributed by atoms with Crippen molar-refractivity contribution in [2.45, 2.75) is 39.5 Å². The molecule has 0 aromatic heterocycles.